The minimum atomic E-state index is -3.09. The summed E-state index contributed by atoms with van der Waals surface area (Å²) in [6.45, 7) is 33.8. The van der Waals surface area contributed by atoms with E-state index in [0.717, 1.165) is 24.2 Å². The Morgan fingerprint density at radius 1 is 0.571 bits per heavy atom. The van der Waals surface area contributed by atoms with E-state index >= 15 is 0 Å². The molecule has 3 heteroatoms. The molecule has 6 aliphatic rings. The van der Waals surface area contributed by atoms with Crippen LogP contribution in [0.1, 0.15) is 186 Å². The van der Waals surface area contributed by atoms with Crippen LogP contribution >= 0.6 is 0 Å². The van der Waals surface area contributed by atoms with E-state index < -0.39 is 21.3 Å². The van der Waals surface area contributed by atoms with Gasteiger partial charge < -0.3 is 24.8 Å². The molecule has 4 fully saturated rings. The molecule has 0 spiro atoms. The van der Waals surface area contributed by atoms with Crippen molar-refractivity contribution >= 4 is 6.48 Å². The molecule has 0 aliphatic heterocycles. The standard InChI is InChI=1S/C21H25.C21H26.C18H25.2ClH.Zr/c1-20(2,3)16-9-7-14-11-15-8-10-17(21(4,5)6)13-19(15)18(14)12-16;1-20(2,3)18-11-7-16(8-12-18)15-17-9-13-19(14-10-17)21(4,5)6;1-12-3-13(2)17(4-12)11-18-8-14-5-15(9-18)7-16(6-14)10-18;;;/h7,9-10,12-13H,11H2,1-6H3;7-14H,1-6H3;4,12,14-16H,5-11H2,1-2H3;2*1H;/q;;;;;+2/p-2. The van der Waals surface area contributed by atoms with Crippen LogP contribution in [-0.2, 0) is 49.3 Å². The van der Waals surface area contributed by atoms with Crippen LogP contribution in [0.5, 0.6) is 0 Å². The van der Waals surface area contributed by atoms with Crippen LogP contribution in [0.2, 0.25) is 0 Å². The molecule has 0 nitrogen and oxygen atoms in total. The number of rotatable bonds is 6. The minimum Gasteiger partial charge on any atom is -1.00 e. The van der Waals surface area contributed by atoms with E-state index in [0.29, 0.717) is 11.3 Å². The Bertz CT molecular complexity index is 2380. The maximum absolute atomic E-state index is 3.09. The molecule has 0 aromatic heterocycles. The van der Waals surface area contributed by atoms with Gasteiger partial charge in [-0.15, -0.1) is 0 Å². The van der Waals surface area contributed by atoms with Gasteiger partial charge in [0.25, 0.3) is 0 Å². The smallest absolute Gasteiger partial charge is 1.00 e. The summed E-state index contributed by atoms with van der Waals surface area (Å²) in [5, 5.41) is 0. The van der Waals surface area contributed by atoms with Gasteiger partial charge in [0.05, 0.1) is 0 Å². The Morgan fingerprint density at radius 3 is 1.48 bits per heavy atom. The first kappa shape index (κ1) is 48.6. The number of halogens is 2. The van der Waals surface area contributed by atoms with Gasteiger partial charge in [-0.25, -0.2) is 0 Å². The Hall–Kier alpha value is -2.31. The Balaban J connectivity index is 0.00000298. The van der Waals surface area contributed by atoms with E-state index in [-0.39, 0.29) is 46.5 Å². The molecule has 0 amide bonds. The molecule has 1 atom stereocenters. The van der Waals surface area contributed by atoms with Crippen molar-refractivity contribution in [3.8, 4) is 11.1 Å². The van der Waals surface area contributed by atoms with Crippen molar-refractivity contribution < 1.29 is 46.1 Å². The predicted molar refractivity (Wildman–Crippen MR) is 260 cm³/mol. The molecule has 4 saturated carbocycles. The molecule has 4 aromatic rings. The first-order valence-electron chi connectivity index (χ1n) is 24.2. The van der Waals surface area contributed by atoms with Crippen molar-refractivity contribution in [2.75, 3.05) is 0 Å². The fraction of sp³-hybridized carbons (Fsp3) is 0.517. The Kier molecular flexibility index (Phi) is 13.2. The third-order valence-electron chi connectivity index (χ3n) is 16.1. The number of allylic oxidation sites excluding steroid dienone is 4. The summed E-state index contributed by atoms with van der Waals surface area (Å²) < 4.78 is 5.21. The number of fused-ring (bicyclic) bond motifs is 3. The average Bonchev–Trinajstić information content (AvgIpc) is 3.66. The van der Waals surface area contributed by atoms with Crippen LogP contribution in [-0.4, -0.2) is 3.21 Å². The molecule has 334 valence electrons. The zero-order valence-electron chi connectivity index (χ0n) is 41.3. The first-order chi connectivity index (χ1) is 28.5. The largest absolute Gasteiger partial charge is 1.00 e. The van der Waals surface area contributed by atoms with E-state index in [1.807, 2.05) is 3.28 Å². The average molecular weight is 959 g/mol. The SMILES string of the molecule is CC1=[C]([Zr+2](=[C](c2ccc(C(C)(C)C)cc2)c2ccc(C(C)(C)C)cc2)[c]2cc(C(C)(C)C)cc3c2Cc2ccc(C(C)(C)C)cc2-3)C(C)C=C1CC12CC3CC(CC(C3)C1)C2.[Cl-].[Cl-]. The molecule has 63 heavy (non-hydrogen) atoms. The Labute approximate surface area is 403 Å². The molecule has 1 unspecified atom stereocenters. The summed E-state index contributed by atoms with van der Waals surface area (Å²) in [5.41, 5.74) is 19.0. The van der Waals surface area contributed by atoms with Gasteiger partial charge >= 0.3 is 382 Å². The second kappa shape index (κ2) is 17.1. The predicted octanol–water partition coefficient (Wildman–Crippen LogP) is 9.42. The number of hydrogen-bond acceptors (Lipinski definition) is 0. The molecule has 6 aliphatic carbocycles. The van der Waals surface area contributed by atoms with Crippen molar-refractivity contribution in [1.82, 2.24) is 0 Å². The second-order valence-corrected chi connectivity index (χ2v) is 30.8. The van der Waals surface area contributed by atoms with Crippen molar-refractivity contribution in [2.45, 2.75) is 170 Å². The fourth-order valence-electron chi connectivity index (χ4n) is 13.1. The second-order valence-electron chi connectivity index (χ2n) is 25.1. The van der Waals surface area contributed by atoms with Crippen molar-refractivity contribution in [1.29, 1.82) is 0 Å². The zero-order valence-corrected chi connectivity index (χ0v) is 45.3. The van der Waals surface area contributed by atoms with Gasteiger partial charge in [-0.2, -0.15) is 0 Å². The third-order valence-corrected chi connectivity index (χ3v) is 24.6. The van der Waals surface area contributed by atoms with Crippen LogP contribution in [0, 0.1) is 29.1 Å². The van der Waals surface area contributed by atoms with Crippen LogP contribution in [0.4, 0.5) is 0 Å². The molecular weight excluding hydrogens is 883 g/mol. The summed E-state index contributed by atoms with van der Waals surface area (Å²) in [6, 6.07) is 32.7. The molecule has 10 rings (SSSR count). The van der Waals surface area contributed by atoms with Crippen molar-refractivity contribution in [3.05, 3.63) is 144 Å². The van der Waals surface area contributed by atoms with E-state index in [9.17, 15) is 0 Å². The molecule has 4 aromatic carbocycles. The summed E-state index contributed by atoms with van der Waals surface area (Å²) in [6.07, 6.45) is 14.1. The van der Waals surface area contributed by atoms with E-state index in [2.05, 4.69) is 182 Å². The number of hydrogen-bond donors (Lipinski definition) is 0. The monoisotopic (exact) mass is 956 g/mol. The molecule has 0 heterocycles. The van der Waals surface area contributed by atoms with Gasteiger partial charge in [0, 0.05) is 0 Å². The maximum atomic E-state index is 2.80. The molecule has 4 bridgehead atoms. The third kappa shape index (κ3) is 9.23. The summed E-state index contributed by atoms with van der Waals surface area (Å²) in [4.78, 5) is 0. The van der Waals surface area contributed by atoms with Crippen LogP contribution in [0.25, 0.3) is 11.1 Å². The maximum Gasteiger partial charge on any atom is -1.00 e. The molecule has 0 saturated heterocycles. The first-order valence-corrected chi connectivity index (χ1v) is 27.9. The molecular formula is C60H76Cl2Zr. The quantitative estimate of drug-likeness (QED) is 0.159. The van der Waals surface area contributed by atoms with Gasteiger partial charge in [0.2, 0.25) is 0 Å². The fourth-order valence-corrected chi connectivity index (χ4v) is 22.0. The van der Waals surface area contributed by atoms with Gasteiger partial charge in [-0.3, -0.25) is 0 Å². The van der Waals surface area contributed by atoms with Crippen molar-refractivity contribution in [3.63, 3.8) is 0 Å². The van der Waals surface area contributed by atoms with E-state index in [1.54, 1.807) is 23.2 Å². The summed E-state index contributed by atoms with van der Waals surface area (Å²) in [5.74, 6) is 3.39. The topological polar surface area (TPSA) is 0 Å². The molecule has 0 N–H and O–H groups in total. The van der Waals surface area contributed by atoms with Gasteiger partial charge in [-0.1, -0.05) is 0 Å². The van der Waals surface area contributed by atoms with Crippen molar-refractivity contribution in [2.24, 2.45) is 29.1 Å². The molecule has 0 radical (unpaired) electrons. The van der Waals surface area contributed by atoms with Crippen LogP contribution in [0.3, 0.4) is 0 Å². The minimum absolute atomic E-state index is 0. The zero-order chi connectivity index (χ0) is 43.6. The van der Waals surface area contributed by atoms with Gasteiger partial charge in [-0.05, 0) is 0 Å². The van der Waals surface area contributed by atoms with Crippen LogP contribution < -0.4 is 28.1 Å². The van der Waals surface area contributed by atoms with E-state index in [1.165, 1.54) is 95.0 Å². The van der Waals surface area contributed by atoms with E-state index in [4.69, 9.17) is 0 Å². The normalized spacial score (nSPS) is 23.7. The summed E-state index contributed by atoms with van der Waals surface area (Å²) in [7, 11) is 0. The van der Waals surface area contributed by atoms with Gasteiger partial charge in [0.15, 0.2) is 0 Å². The van der Waals surface area contributed by atoms with Crippen LogP contribution in [0.15, 0.2) is 99.4 Å². The summed E-state index contributed by atoms with van der Waals surface area (Å²) >= 11 is -3.09. The Morgan fingerprint density at radius 2 is 1.02 bits per heavy atom. The van der Waals surface area contributed by atoms with Gasteiger partial charge in [0.1, 0.15) is 0 Å². The number of benzene rings is 4.